The highest BCUT2D eigenvalue weighted by Crippen LogP contribution is 2.16. The van der Waals surface area contributed by atoms with E-state index in [-0.39, 0.29) is 6.04 Å². The molecule has 1 unspecified atom stereocenters. The minimum absolute atomic E-state index is 0.0300. The molecule has 6 heteroatoms. The summed E-state index contributed by atoms with van der Waals surface area (Å²) in [6.45, 7) is 11.4. The van der Waals surface area contributed by atoms with Crippen LogP contribution in [0, 0.1) is 6.92 Å². The van der Waals surface area contributed by atoms with Crippen LogP contribution in [0.1, 0.15) is 62.6 Å². The van der Waals surface area contributed by atoms with E-state index in [4.69, 9.17) is 8.94 Å². The van der Waals surface area contributed by atoms with Gasteiger partial charge in [0.05, 0.1) is 11.7 Å². The summed E-state index contributed by atoms with van der Waals surface area (Å²) in [5.74, 6) is 3.61. The molecule has 0 aliphatic carbocycles. The number of furan rings is 1. The van der Waals surface area contributed by atoms with E-state index in [0.29, 0.717) is 12.5 Å². The lowest BCUT2D eigenvalue weighted by atomic mass is 10.1. The number of nitrogens with one attached hydrogen (secondary N) is 2. The van der Waals surface area contributed by atoms with E-state index in [1.54, 1.807) is 0 Å². The Bertz CT molecular complexity index is 643. The summed E-state index contributed by atoms with van der Waals surface area (Å²) in [6.07, 6.45) is 0. The zero-order valence-corrected chi connectivity index (χ0v) is 14.5. The van der Waals surface area contributed by atoms with Crippen LogP contribution < -0.4 is 10.6 Å². The van der Waals surface area contributed by atoms with E-state index in [2.05, 4.69) is 34.6 Å². The molecule has 0 aliphatic heterocycles. The number of hydrogen-bond donors (Lipinski definition) is 2. The maximum atomic E-state index is 5.64. The van der Waals surface area contributed by atoms with Crippen molar-refractivity contribution in [3.8, 4) is 0 Å². The summed E-state index contributed by atoms with van der Waals surface area (Å²) in [7, 11) is 0. The number of aromatic nitrogens is 1. The van der Waals surface area contributed by atoms with E-state index < -0.39 is 0 Å². The SMILES string of the molecule is CCNC(=NCc1cc(C(C)C)no1)NC(C)c1ccc(C)o1. The molecular weight excluding hydrogens is 292 g/mol. The largest absolute Gasteiger partial charge is 0.464 e. The summed E-state index contributed by atoms with van der Waals surface area (Å²) < 4.78 is 11.0. The first-order valence-corrected chi connectivity index (χ1v) is 8.06. The van der Waals surface area contributed by atoms with Gasteiger partial charge in [-0.15, -0.1) is 0 Å². The number of rotatable bonds is 6. The van der Waals surface area contributed by atoms with Crippen molar-refractivity contribution in [1.29, 1.82) is 0 Å². The molecule has 2 heterocycles. The van der Waals surface area contributed by atoms with Gasteiger partial charge in [0.1, 0.15) is 18.1 Å². The number of hydrogen-bond acceptors (Lipinski definition) is 4. The van der Waals surface area contributed by atoms with Crippen LogP contribution >= 0.6 is 0 Å². The first-order valence-electron chi connectivity index (χ1n) is 8.06. The zero-order valence-electron chi connectivity index (χ0n) is 14.5. The van der Waals surface area contributed by atoms with Crippen molar-refractivity contribution >= 4 is 5.96 Å². The maximum Gasteiger partial charge on any atom is 0.192 e. The Morgan fingerprint density at radius 2 is 2.09 bits per heavy atom. The van der Waals surface area contributed by atoms with Gasteiger partial charge in [-0.1, -0.05) is 19.0 Å². The molecule has 2 aromatic heterocycles. The average molecular weight is 318 g/mol. The van der Waals surface area contributed by atoms with Crippen molar-refractivity contribution in [2.24, 2.45) is 4.99 Å². The molecule has 0 bridgehead atoms. The van der Waals surface area contributed by atoms with Crippen molar-refractivity contribution in [2.45, 2.75) is 53.1 Å². The topological polar surface area (TPSA) is 75.6 Å². The monoisotopic (exact) mass is 318 g/mol. The lowest BCUT2D eigenvalue weighted by molar-refractivity contribution is 0.376. The molecule has 0 saturated carbocycles. The Morgan fingerprint density at radius 1 is 1.30 bits per heavy atom. The molecule has 23 heavy (non-hydrogen) atoms. The average Bonchev–Trinajstić information content (AvgIpc) is 3.14. The third kappa shape index (κ3) is 4.87. The van der Waals surface area contributed by atoms with E-state index in [9.17, 15) is 0 Å². The lowest BCUT2D eigenvalue weighted by Crippen LogP contribution is -2.38. The second-order valence-electron chi connectivity index (χ2n) is 5.88. The van der Waals surface area contributed by atoms with E-state index in [1.807, 2.05) is 39.0 Å². The van der Waals surface area contributed by atoms with Crippen LogP contribution in [0.4, 0.5) is 0 Å². The molecule has 0 aliphatic rings. The number of aryl methyl sites for hydroxylation is 1. The van der Waals surface area contributed by atoms with Gasteiger partial charge in [-0.3, -0.25) is 0 Å². The molecule has 0 amide bonds. The minimum Gasteiger partial charge on any atom is -0.464 e. The summed E-state index contributed by atoms with van der Waals surface area (Å²) in [6, 6.07) is 5.92. The van der Waals surface area contributed by atoms with Gasteiger partial charge < -0.3 is 19.6 Å². The predicted molar refractivity (Wildman–Crippen MR) is 90.4 cm³/mol. The normalized spacial score (nSPS) is 13.4. The Kier molecular flexibility index (Phi) is 5.84. The van der Waals surface area contributed by atoms with Gasteiger partial charge in [0.2, 0.25) is 0 Å². The van der Waals surface area contributed by atoms with Crippen molar-refractivity contribution in [2.75, 3.05) is 6.54 Å². The fraction of sp³-hybridized carbons (Fsp3) is 0.529. The number of nitrogens with zero attached hydrogens (tertiary/aromatic N) is 2. The van der Waals surface area contributed by atoms with Crippen LogP contribution in [0.5, 0.6) is 0 Å². The van der Waals surface area contributed by atoms with Crippen LogP contribution in [0.15, 0.2) is 32.1 Å². The van der Waals surface area contributed by atoms with Gasteiger partial charge in [0.15, 0.2) is 11.7 Å². The van der Waals surface area contributed by atoms with Crippen LogP contribution in [-0.4, -0.2) is 17.7 Å². The first-order chi connectivity index (χ1) is 11.0. The van der Waals surface area contributed by atoms with Gasteiger partial charge in [-0.2, -0.15) is 0 Å². The Hall–Kier alpha value is -2.24. The van der Waals surface area contributed by atoms with E-state index in [1.165, 1.54) is 0 Å². The van der Waals surface area contributed by atoms with Gasteiger partial charge >= 0.3 is 0 Å². The molecule has 6 nitrogen and oxygen atoms in total. The van der Waals surface area contributed by atoms with Gasteiger partial charge in [-0.05, 0) is 38.8 Å². The third-order valence-corrected chi connectivity index (χ3v) is 3.45. The molecule has 2 rings (SSSR count). The Balaban J connectivity index is 2.01. The molecule has 0 fully saturated rings. The highest BCUT2D eigenvalue weighted by atomic mass is 16.5. The van der Waals surface area contributed by atoms with Crippen molar-refractivity contribution < 1.29 is 8.94 Å². The maximum absolute atomic E-state index is 5.64. The fourth-order valence-corrected chi connectivity index (χ4v) is 2.11. The van der Waals surface area contributed by atoms with Crippen LogP contribution in [-0.2, 0) is 6.54 Å². The van der Waals surface area contributed by atoms with Crippen molar-refractivity contribution in [3.05, 3.63) is 41.2 Å². The molecule has 0 radical (unpaired) electrons. The second-order valence-corrected chi connectivity index (χ2v) is 5.88. The zero-order chi connectivity index (χ0) is 16.8. The molecule has 0 aromatic carbocycles. The molecule has 126 valence electrons. The lowest BCUT2D eigenvalue weighted by Gasteiger charge is -2.15. The van der Waals surface area contributed by atoms with Crippen molar-refractivity contribution in [1.82, 2.24) is 15.8 Å². The van der Waals surface area contributed by atoms with E-state index >= 15 is 0 Å². The number of aliphatic imine (C=N–C) groups is 1. The van der Waals surface area contributed by atoms with Crippen molar-refractivity contribution in [3.63, 3.8) is 0 Å². The number of guanidine groups is 1. The molecule has 1 atom stereocenters. The smallest absolute Gasteiger partial charge is 0.192 e. The second kappa shape index (κ2) is 7.85. The standard InChI is InChI=1S/C17H26N4O2/c1-6-18-17(20-13(5)16-8-7-12(4)22-16)19-10-14-9-15(11(2)3)21-23-14/h7-9,11,13H,6,10H2,1-5H3,(H2,18,19,20). The molecule has 2 N–H and O–H groups in total. The molecule has 0 spiro atoms. The van der Waals surface area contributed by atoms with Crippen LogP contribution in [0.3, 0.4) is 0 Å². The molecular formula is C17H26N4O2. The van der Waals surface area contributed by atoms with Crippen LogP contribution in [0.2, 0.25) is 0 Å². The Morgan fingerprint density at radius 3 is 2.65 bits per heavy atom. The summed E-state index contributed by atoms with van der Waals surface area (Å²) in [4.78, 5) is 4.55. The van der Waals surface area contributed by atoms with Gasteiger partial charge in [-0.25, -0.2) is 4.99 Å². The fourth-order valence-electron chi connectivity index (χ4n) is 2.11. The highest BCUT2D eigenvalue weighted by Gasteiger charge is 2.12. The quantitative estimate of drug-likeness (QED) is 0.629. The predicted octanol–water partition coefficient (Wildman–Crippen LogP) is 3.52. The Labute approximate surface area is 137 Å². The van der Waals surface area contributed by atoms with Gasteiger partial charge in [0.25, 0.3) is 0 Å². The summed E-state index contributed by atoms with van der Waals surface area (Å²) >= 11 is 0. The highest BCUT2D eigenvalue weighted by molar-refractivity contribution is 5.80. The van der Waals surface area contributed by atoms with E-state index in [0.717, 1.165) is 35.5 Å². The third-order valence-electron chi connectivity index (χ3n) is 3.45. The summed E-state index contributed by atoms with van der Waals surface area (Å²) in [5, 5.41) is 10.6. The molecule has 0 saturated heterocycles. The van der Waals surface area contributed by atoms with Gasteiger partial charge in [0, 0.05) is 12.6 Å². The van der Waals surface area contributed by atoms with Crippen LogP contribution in [0.25, 0.3) is 0 Å². The molecule has 2 aromatic rings. The first kappa shape index (κ1) is 17.1. The summed E-state index contributed by atoms with van der Waals surface area (Å²) in [5.41, 5.74) is 0.951. The minimum atomic E-state index is 0.0300.